The topological polar surface area (TPSA) is 127 Å². The number of nitrogens with one attached hydrogen (secondary N) is 2. The van der Waals surface area contributed by atoms with E-state index in [1.165, 1.54) is 6.20 Å². The van der Waals surface area contributed by atoms with E-state index >= 15 is 0 Å². The first kappa shape index (κ1) is 28.6. The van der Waals surface area contributed by atoms with Crippen LogP contribution >= 0.6 is 0 Å². The molecule has 4 rings (SSSR count). The van der Waals surface area contributed by atoms with Crippen LogP contribution in [0.5, 0.6) is 0 Å². The van der Waals surface area contributed by atoms with Crippen molar-refractivity contribution in [3.63, 3.8) is 0 Å². The number of H-pyrrole nitrogens is 1. The van der Waals surface area contributed by atoms with E-state index in [2.05, 4.69) is 15.4 Å². The molecule has 1 fully saturated rings. The van der Waals surface area contributed by atoms with Gasteiger partial charge in [-0.2, -0.15) is 23.5 Å². The number of carbonyl (C=O) groups excluding carboxylic acids is 1. The number of aromatic nitrogens is 3. The minimum Gasteiger partial charge on any atom is -0.379 e. The van der Waals surface area contributed by atoms with Crippen LogP contribution < -0.4 is 15.8 Å². The molecule has 210 valence electrons. The Morgan fingerprint density at radius 1 is 1.12 bits per heavy atom. The highest BCUT2D eigenvalue weighted by atomic mass is 19.4. The average Bonchev–Trinajstić information content (AvgIpc) is 2.95. The lowest BCUT2D eigenvalue weighted by molar-refractivity contribution is -0.138. The summed E-state index contributed by atoms with van der Waals surface area (Å²) in [6, 6.07) is 14.0. The number of amides is 1. The van der Waals surface area contributed by atoms with Crippen molar-refractivity contribution in [1.29, 1.82) is 5.26 Å². The Labute approximate surface area is 228 Å². The lowest BCUT2D eigenvalue weighted by atomic mass is 10.1. The number of hydrogen-bond donors (Lipinski definition) is 2. The van der Waals surface area contributed by atoms with E-state index in [-0.39, 0.29) is 25.5 Å². The van der Waals surface area contributed by atoms with Gasteiger partial charge in [0, 0.05) is 32.4 Å². The van der Waals surface area contributed by atoms with Gasteiger partial charge in [0.05, 0.1) is 43.1 Å². The molecule has 1 atom stereocenters. The van der Waals surface area contributed by atoms with Crippen LogP contribution in [0.3, 0.4) is 0 Å². The molecule has 13 heteroatoms. The highest BCUT2D eigenvalue weighted by molar-refractivity contribution is 5.76. The van der Waals surface area contributed by atoms with E-state index in [1.54, 1.807) is 17.0 Å². The summed E-state index contributed by atoms with van der Waals surface area (Å²) >= 11 is 0. The molecular weight excluding hydrogens is 527 g/mol. The monoisotopic (exact) mass is 555 g/mol. The number of piperazine rings is 1. The van der Waals surface area contributed by atoms with Crippen LogP contribution in [0.25, 0.3) is 0 Å². The molecule has 2 N–H and O–H groups in total. The zero-order chi connectivity index (χ0) is 28.5. The van der Waals surface area contributed by atoms with Crippen molar-refractivity contribution in [1.82, 2.24) is 20.1 Å². The number of benzene rings is 1. The maximum absolute atomic E-state index is 13.5. The zero-order valence-corrected chi connectivity index (χ0v) is 21.5. The number of rotatable bonds is 10. The Morgan fingerprint density at radius 2 is 1.88 bits per heavy atom. The number of anilines is 2. The second-order valence-electron chi connectivity index (χ2n) is 9.23. The summed E-state index contributed by atoms with van der Waals surface area (Å²) in [6.07, 6.45) is -1.99. The quantitative estimate of drug-likeness (QED) is 0.366. The van der Waals surface area contributed by atoms with Crippen molar-refractivity contribution in [3.8, 4) is 6.07 Å². The van der Waals surface area contributed by atoms with Gasteiger partial charge in [-0.25, -0.2) is 10.1 Å². The van der Waals surface area contributed by atoms with Gasteiger partial charge >= 0.3 is 6.18 Å². The van der Waals surface area contributed by atoms with Gasteiger partial charge in [0.2, 0.25) is 5.91 Å². The second-order valence-corrected chi connectivity index (χ2v) is 9.23. The smallest absolute Gasteiger partial charge is 0.379 e. The predicted molar refractivity (Wildman–Crippen MR) is 141 cm³/mol. The maximum atomic E-state index is 13.5. The fourth-order valence-electron chi connectivity index (χ4n) is 4.43. The van der Waals surface area contributed by atoms with Crippen molar-refractivity contribution in [2.24, 2.45) is 0 Å². The van der Waals surface area contributed by atoms with Crippen LogP contribution in [-0.2, 0) is 22.1 Å². The zero-order valence-electron chi connectivity index (χ0n) is 21.5. The molecule has 40 heavy (non-hydrogen) atoms. The summed E-state index contributed by atoms with van der Waals surface area (Å²) < 4.78 is 46.3. The fourth-order valence-corrected chi connectivity index (χ4v) is 4.43. The Morgan fingerprint density at radius 3 is 2.52 bits per heavy atom. The molecule has 3 aromatic rings. The number of pyridine rings is 1. The van der Waals surface area contributed by atoms with E-state index in [9.17, 15) is 22.8 Å². The summed E-state index contributed by atoms with van der Waals surface area (Å²) in [5.74, 6) is 0.661. The molecule has 2 aromatic heterocycles. The van der Waals surface area contributed by atoms with Gasteiger partial charge in [0.1, 0.15) is 17.5 Å². The molecule has 1 saturated heterocycles. The summed E-state index contributed by atoms with van der Waals surface area (Å²) in [5, 5.41) is 17.0. The van der Waals surface area contributed by atoms with Gasteiger partial charge in [0.25, 0.3) is 5.56 Å². The van der Waals surface area contributed by atoms with Crippen molar-refractivity contribution in [2.45, 2.75) is 25.1 Å². The Bertz CT molecular complexity index is 1370. The first-order chi connectivity index (χ1) is 19.2. The van der Waals surface area contributed by atoms with Gasteiger partial charge in [-0.1, -0.05) is 30.3 Å². The number of carbonyl (C=O) groups is 1. The summed E-state index contributed by atoms with van der Waals surface area (Å²) in [4.78, 5) is 32.7. The molecule has 3 heterocycles. The minimum absolute atomic E-state index is 0.00438. The number of aromatic amines is 1. The molecule has 0 bridgehead atoms. The van der Waals surface area contributed by atoms with Crippen LogP contribution in [0.4, 0.5) is 24.7 Å². The molecule has 0 aliphatic carbocycles. The lowest BCUT2D eigenvalue weighted by Crippen LogP contribution is -2.49. The predicted octanol–water partition coefficient (Wildman–Crippen LogP) is 2.83. The van der Waals surface area contributed by atoms with E-state index in [0.29, 0.717) is 38.2 Å². The number of ether oxygens (including phenoxy) is 1. The molecule has 1 aliphatic rings. The molecule has 1 amide bonds. The van der Waals surface area contributed by atoms with Gasteiger partial charge in [-0.15, -0.1) is 0 Å². The molecule has 1 aliphatic heterocycles. The standard InChI is InChI=1S/C27H28F3N7O3/c28-27(29,30)25-22(17-33-35-26(25)39)34-21(14-19-4-2-1-3-5-19)18-40-13-8-24(38)37-11-9-36(10-12-37)23-7-6-20(15-31)16-32-23/h1-7,16-17,21H,8-14,18H2,(H2,34,35,39)/t21-/m1/s1. The Kier molecular flexibility index (Phi) is 9.34. The van der Waals surface area contributed by atoms with Crippen LogP contribution in [0, 0.1) is 11.3 Å². The number of alkyl halides is 3. The van der Waals surface area contributed by atoms with Gasteiger partial charge < -0.3 is 19.9 Å². The largest absolute Gasteiger partial charge is 0.423 e. The highest BCUT2D eigenvalue weighted by Crippen LogP contribution is 2.31. The third-order valence-electron chi connectivity index (χ3n) is 6.44. The second kappa shape index (κ2) is 13.1. The summed E-state index contributed by atoms with van der Waals surface area (Å²) in [5.41, 5.74) is -1.79. The number of nitrogens with zero attached hydrogens (tertiary/aromatic N) is 5. The SMILES string of the molecule is N#Cc1ccc(N2CCN(C(=O)CCOC[C@@H](Cc3ccccc3)Nc3cn[nH]c(=O)c3C(F)(F)F)CC2)nc1. The van der Waals surface area contributed by atoms with E-state index in [4.69, 9.17) is 10.00 Å². The van der Waals surface area contributed by atoms with E-state index in [1.807, 2.05) is 46.4 Å². The third-order valence-corrected chi connectivity index (χ3v) is 6.44. The van der Waals surface area contributed by atoms with Crippen molar-refractivity contribution in [3.05, 3.63) is 81.9 Å². The highest BCUT2D eigenvalue weighted by Gasteiger charge is 2.37. The molecule has 0 unspecified atom stereocenters. The first-order valence-corrected chi connectivity index (χ1v) is 12.7. The molecule has 0 spiro atoms. The number of hydrogen-bond acceptors (Lipinski definition) is 8. The minimum atomic E-state index is -4.87. The van der Waals surface area contributed by atoms with Crippen molar-refractivity contribution in [2.75, 3.05) is 49.6 Å². The normalized spacial score (nSPS) is 14.4. The molecule has 1 aromatic carbocycles. The van der Waals surface area contributed by atoms with Crippen LogP contribution in [-0.4, -0.2) is 71.4 Å². The van der Waals surface area contributed by atoms with E-state index < -0.39 is 29.0 Å². The summed E-state index contributed by atoms with van der Waals surface area (Å²) in [7, 11) is 0. The first-order valence-electron chi connectivity index (χ1n) is 12.7. The van der Waals surface area contributed by atoms with Crippen LogP contribution in [0.1, 0.15) is 23.1 Å². The third kappa shape index (κ3) is 7.57. The number of halogens is 3. The van der Waals surface area contributed by atoms with Crippen molar-refractivity contribution >= 4 is 17.4 Å². The van der Waals surface area contributed by atoms with Crippen LogP contribution in [0.2, 0.25) is 0 Å². The lowest BCUT2D eigenvalue weighted by Gasteiger charge is -2.35. The van der Waals surface area contributed by atoms with Gasteiger partial charge in [-0.3, -0.25) is 9.59 Å². The Hall–Kier alpha value is -4.44. The summed E-state index contributed by atoms with van der Waals surface area (Å²) in [6.45, 7) is 2.30. The van der Waals surface area contributed by atoms with Crippen molar-refractivity contribution < 1.29 is 22.7 Å². The maximum Gasteiger partial charge on any atom is 0.423 e. The van der Waals surface area contributed by atoms with Gasteiger partial charge in [0.15, 0.2) is 0 Å². The average molecular weight is 556 g/mol. The number of nitriles is 1. The van der Waals surface area contributed by atoms with E-state index in [0.717, 1.165) is 17.6 Å². The molecule has 0 saturated carbocycles. The molecule has 10 nitrogen and oxygen atoms in total. The Balaban J connectivity index is 1.30. The molecular formula is C27H28F3N7O3. The van der Waals surface area contributed by atoms with Crippen LogP contribution in [0.15, 0.2) is 59.7 Å². The molecule has 0 radical (unpaired) electrons. The fraction of sp³-hybridized carbons (Fsp3) is 0.370. The van der Waals surface area contributed by atoms with Gasteiger partial charge in [-0.05, 0) is 24.1 Å².